The number of pyridine rings is 1. The number of nitrogens with zero attached hydrogens (tertiary/aromatic N) is 4. The molecule has 0 bridgehead atoms. The molecule has 0 radical (unpaired) electrons. The van der Waals surface area contributed by atoms with Crippen LogP contribution in [-0.4, -0.2) is 52.2 Å². The highest BCUT2D eigenvalue weighted by atomic mass is 35.5. The summed E-state index contributed by atoms with van der Waals surface area (Å²) >= 11 is 6.01. The Morgan fingerprint density at radius 1 is 1.25 bits per heavy atom. The summed E-state index contributed by atoms with van der Waals surface area (Å²) in [5.41, 5.74) is 0.401. The zero-order chi connectivity index (χ0) is 20.5. The lowest BCUT2D eigenvalue weighted by Crippen LogP contribution is -2.49. The molecule has 0 atom stereocenters. The number of amides is 1. The van der Waals surface area contributed by atoms with Crippen molar-refractivity contribution in [1.29, 1.82) is 0 Å². The molecule has 6 nitrogen and oxygen atoms in total. The van der Waals surface area contributed by atoms with Gasteiger partial charge >= 0.3 is 6.18 Å². The number of rotatable bonds is 4. The van der Waals surface area contributed by atoms with Crippen molar-refractivity contribution in [2.24, 2.45) is 5.92 Å². The van der Waals surface area contributed by atoms with Gasteiger partial charge in [0.1, 0.15) is 11.5 Å². The molecule has 3 heterocycles. The molecular formula is C18H21ClF3N5O. The summed E-state index contributed by atoms with van der Waals surface area (Å²) in [5.74, 6) is 0.575. The second-order valence-electron chi connectivity index (χ2n) is 7.18. The molecule has 2 aromatic rings. The molecule has 1 fully saturated rings. The van der Waals surface area contributed by atoms with Gasteiger partial charge in [0, 0.05) is 38.1 Å². The van der Waals surface area contributed by atoms with Crippen LogP contribution in [0.15, 0.2) is 18.3 Å². The maximum atomic E-state index is 12.7. The van der Waals surface area contributed by atoms with Gasteiger partial charge in [0.05, 0.1) is 10.6 Å². The van der Waals surface area contributed by atoms with Crippen molar-refractivity contribution in [3.05, 3.63) is 40.3 Å². The minimum atomic E-state index is -4.49. The van der Waals surface area contributed by atoms with Crippen LogP contribution in [0.3, 0.4) is 0 Å². The van der Waals surface area contributed by atoms with Gasteiger partial charge in [-0.15, -0.1) is 0 Å². The molecule has 0 saturated carbocycles. The number of carbonyl (C=O) groups is 1. The fourth-order valence-corrected chi connectivity index (χ4v) is 3.40. The summed E-state index contributed by atoms with van der Waals surface area (Å²) in [6, 6.07) is 2.64. The van der Waals surface area contributed by atoms with Crippen molar-refractivity contribution >= 4 is 23.3 Å². The number of alkyl halides is 3. The fraction of sp³-hybridized carbons (Fsp3) is 0.500. The standard InChI is InChI=1S/C18H21ClF3N5O/c1-11(2)7-13-9-15(25-24-13)17(28)27-5-3-26(4-6-27)16-14(19)8-12(10-23-16)18(20,21)22/h8-11H,3-7H2,1-2H3,(H,24,25). The number of carbonyl (C=O) groups excluding carboxylic acids is 1. The molecule has 152 valence electrons. The van der Waals surface area contributed by atoms with Gasteiger partial charge in [0.25, 0.3) is 5.91 Å². The van der Waals surface area contributed by atoms with Crippen LogP contribution in [0.4, 0.5) is 19.0 Å². The molecule has 1 amide bonds. The van der Waals surface area contributed by atoms with Gasteiger partial charge in [0.2, 0.25) is 0 Å². The molecule has 0 unspecified atom stereocenters. The van der Waals surface area contributed by atoms with E-state index in [4.69, 9.17) is 11.6 Å². The van der Waals surface area contributed by atoms with E-state index >= 15 is 0 Å². The molecule has 0 aromatic carbocycles. The second kappa shape index (κ2) is 7.98. The maximum Gasteiger partial charge on any atom is 0.417 e. The topological polar surface area (TPSA) is 65.1 Å². The van der Waals surface area contributed by atoms with Gasteiger partial charge in [-0.3, -0.25) is 9.89 Å². The van der Waals surface area contributed by atoms with Crippen LogP contribution in [0.25, 0.3) is 0 Å². The van der Waals surface area contributed by atoms with Crippen molar-refractivity contribution < 1.29 is 18.0 Å². The van der Waals surface area contributed by atoms with Crippen molar-refractivity contribution in [3.63, 3.8) is 0 Å². The molecule has 1 N–H and O–H groups in total. The van der Waals surface area contributed by atoms with E-state index < -0.39 is 11.7 Å². The van der Waals surface area contributed by atoms with Crippen LogP contribution < -0.4 is 4.90 Å². The molecule has 0 aliphatic carbocycles. The molecule has 0 spiro atoms. The van der Waals surface area contributed by atoms with E-state index in [2.05, 4.69) is 29.0 Å². The van der Waals surface area contributed by atoms with E-state index in [-0.39, 0.29) is 10.9 Å². The lowest BCUT2D eigenvalue weighted by atomic mass is 10.1. The Balaban J connectivity index is 1.63. The number of aromatic amines is 1. The lowest BCUT2D eigenvalue weighted by Gasteiger charge is -2.35. The molecule has 28 heavy (non-hydrogen) atoms. The van der Waals surface area contributed by atoms with E-state index in [0.29, 0.717) is 43.6 Å². The molecule has 2 aromatic heterocycles. The first kappa shape index (κ1) is 20.4. The monoisotopic (exact) mass is 415 g/mol. The highest BCUT2D eigenvalue weighted by Crippen LogP contribution is 2.33. The average Bonchev–Trinajstić information content (AvgIpc) is 3.08. The van der Waals surface area contributed by atoms with Crippen LogP contribution in [-0.2, 0) is 12.6 Å². The van der Waals surface area contributed by atoms with Gasteiger partial charge in [-0.1, -0.05) is 25.4 Å². The number of anilines is 1. The Kier molecular flexibility index (Phi) is 5.83. The third-order valence-corrected chi connectivity index (χ3v) is 4.77. The Hall–Kier alpha value is -2.29. The highest BCUT2D eigenvalue weighted by Gasteiger charge is 2.32. The first-order chi connectivity index (χ1) is 13.1. The van der Waals surface area contributed by atoms with Crippen LogP contribution in [0.1, 0.15) is 35.6 Å². The molecular weight excluding hydrogens is 395 g/mol. The first-order valence-electron chi connectivity index (χ1n) is 8.96. The van der Waals surface area contributed by atoms with E-state index in [9.17, 15) is 18.0 Å². The average molecular weight is 416 g/mol. The maximum absolute atomic E-state index is 12.7. The quantitative estimate of drug-likeness (QED) is 0.828. The van der Waals surface area contributed by atoms with Gasteiger partial charge in [-0.2, -0.15) is 18.3 Å². The predicted octanol–water partition coefficient (Wildman–Crippen LogP) is 3.64. The number of H-pyrrole nitrogens is 1. The zero-order valence-electron chi connectivity index (χ0n) is 15.6. The summed E-state index contributed by atoms with van der Waals surface area (Å²) in [7, 11) is 0. The Bertz CT molecular complexity index is 844. The van der Waals surface area contributed by atoms with Crippen molar-refractivity contribution in [2.45, 2.75) is 26.4 Å². The largest absolute Gasteiger partial charge is 0.417 e. The number of piperazine rings is 1. The van der Waals surface area contributed by atoms with Gasteiger partial charge in [0.15, 0.2) is 0 Å². The smallest absolute Gasteiger partial charge is 0.352 e. The third-order valence-electron chi connectivity index (χ3n) is 4.49. The van der Waals surface area contributed by atoms with Crippen LogP contribution >= 0.6 is 11.6 Å². The van der Waals surface area contributed by atoms with Crippen LogP contribution in [0.5, 0.6) is 0 Å². The van der Waals surface area contributed by atoms with Gasteiger partial charge < -0.3 is 9.80 Å². The highest BCUT2D eigenvalue weighted by molar-refractivity contribution is 6.33. The Morgan fingerprint density at radius 3 is 2.50 bits per heavy atom. The molecule has 1 saturated heterocycles. The number of hydrogen-bond donors (Lipinski definition) is 1. The number of nitrogens with one attached hydrogen (secondary N) is 1. The summed E-state index contributed by atoms with van der Waals surface area (Å²) in [4.78, 5) is 20.0. The van der Waals surface area contributed by atoms with E-state index in [0.717, 1.165) is 24.4 Å². The Morgan fingerprint density at radius 2 is 1.93 bits per heavy atom. The van der Waals surface area contributed by atoms with Gasteiger partial charge in [-0.05, 0) is 24.5 Å². The van der Waals surface area contributed by atoms with Crippen LogP contribution in [0, 0.1) is 5.92 Å². The zero-order valence-corrected chi connectivity index (χ0v) is 16.3. The number of hydrogen-bond acceptors (Lipinski definition) is 4. The minimum Gasteiger partial charge on any atom is -0.352 e. The molecule has 10 heteroatoms. The fourth-order valence-electron chi connectivity index (χ4n) is 3.12. The van der Waals surface area contributed by atoms with E-state index in [1.807, 2.05) is 0 Å². The normalized spacial score (nSPS) is 15.4. The van der Waals surface area contributed by atoms with E-state index in [1.54, 1.807) is 15.9 Å². The van der Waals surface area contributed by atoms with E-state index in [1.165, 1.54) is 0 Å². The minimum absolute atomic E-state index is 0.0553. The molecule has 1 aliphatic heterocycles. The summed E-state index contributed by atoms with van der Waals surface area (Å²) in [6.45, 7) is 5.83. The third kappa shape index (κ3) is 4.57. The van der Waals surface area contributed by atoms with Crippen molar-refractivity contribution in [3.8, 4) is 0 Å². The summed E-state index contributed by atoms with van der Waals surface area (Å²) in [5, 5.41) is 6.93. The number of aromatic nitrogens is 3. The lowest BCUT2D eigenvalue weighted by molar-refractivity contribution is -0.137. The van der Waals surface area contributed by atoms with Crippen molar-refractivity contribution in [1.82, 2.24) is 20.1 Å². The first-order valence-corrected chi connectivity index (χ1v) is 9.34. The summed E-state index contributed by atoms with van der Waals surface area (Å²) in [6.07, 6.45) is -2.90. The predicted molar refractivity (Wildman–Crippen MR) is 99.5 cm³/mol. The number of halogens is 4. The SMILES string of the molecule is CC(C)Cc1cc(C(=O)N2CCN(c3ncc(C(F)(F)F)cc3Cl)CC2)n[nH]1. The van der Waals surface area contributed by atoms with Crippen molar-refractivity contribution in [2.75, 3.05) is 31.1 Å². The second-order valence-corrected chi connectivity index (χ2v) is 7.59. The van der Waals surface area contributed by atoms with Gasteiger partial charge in [-0.25, -0.2) is 4.98 Å². The molecule has 1 aliphatic rings. The van der Waals surface area contributed by atoms with Crippen LogP contribution in [0.2, 0.25) is 5.02 Å². The summed E-state index contributed by atoms with van der Waals surface area (Å²) < 4.78 is 38.2. The Labute approximate surface area is 165 Å². The molecule has 3 rings (SSSR count).